The van der Waals surface area contributed by atoms with E-state index in [4.69, 9.17) is 17.0 Å². The van der Waals surface area contributed by atoms with Gasteiger partial charge in [0.1, 0.15) is 17.6 Å². The Labute approximate surface area is 162 Å². The lowest BCUT2D eigenvalue weighted by Crippen LogP contribution is -2.43. The summed E-state index contributed by atoms with van der Waals surface area (Å²) in [5.41, 5.74) is 3.80. The van der Waals surface area contributed by atoms with E-state index in [1.54, 1.807) is 25.6 Å². The molecule has 2 N–H and O–H groups in total. The fourth-order valence-electron chi connectivity index (χ4n) is 3.37. The normalized spacial score (nSPS) is 15.9. The van der Waals surface area contributed by atoms with E-state index in [9.17, 15) is 4.39 Å². The number of nitrogens with zero attached hydrogens (tertiary/aromatic N) is 2. The fraction of sp³-hybridized carbons (Fsp3) is 0.200. The van der Waals surface area contributed by atoms with Crippen LogP contribution in [0.1, 0.15) is 23.0 Å². The zero-order valence-corrected chi connectivity index (χ0v) is 15.6. The van der Waals surface area contributed by atoms with Crippen LogP contribution in [0.25, 0.3) is 0 Å². The SMILES string of the molecule is COc1cccc(NC(=S)N2CCc3[nH]cnc3C2c2ccc(F)cc2)c1. The average molecular weight is 382 g/mol. The number of imidazole rings is 1. The van der Waals surface area contributed by atoms with Gasteiger partial charge in [0.05, 0.1) is 19.1 Å². The lowest BCUT2D eigenvalue weighted by atomic mass is 9.96. The predicted molar refractivity (Wildman–Crippen MR) is 106 cm³/mol. The zero-order valence-electron chi connectivity index (χ0n) is 14.8. The molecule has 2 heterocycles. The van der Waals surface area contributed by atoms with Crippen LogP contribution in [0.2, 0.25) is 0 Å². The first-order chi connectivity index (χ1) is 13.2. The standard InChI is InChI=1S/C20H19FN4OS/c1-26-16-4-2-3-15(11-16)24-20(27)25-10-9-17-18(23-12-22-17)19(25)13-5-7-14(21)8-6-13/h2-8,11-12,19H,9-10H2,1H3,(H,22,23)(H,24,27). The van der Waals surface area contributed by atoms with Crippen molar-refractivity contribution in [1.29, 1.82) is 0 Å². The average Bonchev–Trinajstić information content (AvgIpc) is 3.17. The number of H-pyrrole nitrogens is 1. The molecule has 5 nitrogen and oxygen atoms in total. The highest BCUT2D eigenvalue weighted by atomic mass is 32.1. The molecule has 2 aromatic carbocycles. The first-order valence-electron chi connectivity index (χ1n) is 8.65. The highest BCUT2D eigenvalue weighted by Gasteiger charge is 2.32. The largest absolute Gasteiger partial charge is 0.497 e. The monoisotopic (exact) mass is 382 g/mol. The van der Waals surface area contributed by atoms with E-state index < -0.39 is 0 Å². The van der Waals surface area contributed by atoms with Crippen LogP contribution in [-0.4, -0.2) is 33.6 Å². The third kappa shape index (κ3) is 3.50. The summed E-state index contributed by atoms with van der Waals surface area (Å²) in [6.07, 6.45) is 2.51. The summed E-state index contributed by atoms with van der Waals surface area (Å²) in [5.74, 6) is 0.492. The topological polar surface area (TPSA) is 53.2 Å². The number of anilines is 1. The second-order valence-corrected chi connectivity index (χ2v) is 6.71. The molecule has 0 spiro atoms. The molecule has 3 aromatic rings. The molecule has 0 bridgehead atoms. The van der Waals surface area contributed by atoms with E-state index in [-0.39, 0.29) is 11.9 Å². The van der Waals surface area contributed by atoms with Gasteiger partial charge in [0, 0.05) is 30.4 Å². The summed E-state index contributed by atoms with van der Waals surface area (Å²) >= 11 is 5.70. The minimum absolute atomic E-state index is 0.175. The minimum Gasteiger partial charge on any atom is -0.497 e. The van der Waals surface area contributed by atoms with Crippen molar-refractivity contribution in [3.05, 3.63) is 77.6 Å². The molecular formula is C20H19FN4OS. The Morgan fingerprint density at radius 1 is 1.30 bits per heavy atom. The van der Waals surface area contributed by atoms with Gasteiger partial charge in [-0.2, -0.15) is 0 Å². The molecule has 7 heteroatoms. The molecule has 0 radical (unpaired) electrons. The van der Waals surface area contributed by atoms with Gasteiger partial charge < -0.3 is 19.9 Å². The Hall–Kier alpha value is -2.93. The number of hydrogen-bond acceptors (Lipinski definition) is 3. The van der Waals surface area contributed by atoms with Gasteiger partial charge in [0.15, 0.2) is 5.11 Å². The summed E-state index contributed by atoms with van der Waals surface area (Å²) in [6.45, 7) is 0.729. The Balaban J connectivity index is 1.65. The summed E-state index contributed by atoms with van der Waals surface area (Å²) < 4.78 is 18.7. The van der Waals surface area contributed by atoms with E-state index in [1.165, 1.54) is 12.1 Å². The van der Waals surface area contributed by atoms with Crippen LogP contribution in [-0.2, 0) is 6.42 Å². The Bertz CT molecular complexity index is 957. The molecule has 1 aromatic heterocycles. The smallest absolute Gasteiger partial charge is 0.174 e. The maximum Gasteiger partial charge on any atom is 0.174 e. The van der Waals surface area contributed by atoms with Crippen molar-refractivity contribution in [1.82, 2.24) is 14.9 Å². The number of aromatic nitrogens is 2. The van der Waals surface area contributed by atoms with Gasteiger partial charge >= 0.3 is 0 Å². The number of nitrogens with one attached hydrogen (secondary N) is 2. The molecule has 1 atom stereocenters. The first kappa shape index (κ1) is 17.5. The van der Waals surface area contributed by atoms with Crippen molar-refractivity contribution >= 4 is 23.0 Å². The second kappa shape index (κ2) is 7.36. The van der Waals surface area contributed by atoms with Crippen LogP contribution in [0, 0.1) is 5.82 Å². The number of halogens is 1. The van der Waals surface area contributed by atoms with Crippen molar-refractivity contribution in [2.45, 2.75) is 12.5 Å². The summed E-state index contributed by atoms with van der Waals surface area (Å²) in [7, 11) is 1.63. The summed E-state index contributed by atoms with van der Waals surface area (Å²) in [4.78, 5) is 9.80. The summed E-state index contributed by atoms with van der Waals surface area (Å²) in [6, 6.07) is 13.9. The molecule has 1 unspecified atom stereocenters. The van der Waals surface area contributed by atoms with Gasteiger partial charge in [-0.05, 0) is 42.0 Å². The molecule has 0 saturated carbocycles. The lowest BCUT2D eigenvalue weighted by molar-refractivity contribution is 0.336. The Kier molecular flexibility index (Phi) is 4.77. The lowest BCUT2D eigenvalue weighted by Gasteiger charge is -2.37. The highest BCUT2D eigenvalue weighted by molar-refractivity contribution is 7.80. The fourth-order valence-corrected chi connectivity index (χ4v) is 3.69. The highest BCUT2D eigenvalue weighted by Crippen LogP contribution is 2.34. The van der Waals surface area contributed by atoms with Crippen molar-refractivity contribution in [3.63, 3.8) is 0 Å². The third-order valence-electron chi connectivity index (χ3n) is 4.69. The van der Waals surface area contributed by atoms with Gasteiger partial charge in [-0.25, -0.2) is 9.37 Å². The van der Waals surface area contributed by atoms with Crippen LogP contribution in [0.5, 0.6) is 5.75 Å². The number of hydrogen-bond donors (Lipinski definition) is 2. The van der Waals surface area contributed by atoms with E-state index in [2.05, 4.69) is 20.2 Å². The first-order valence-corrected chi connectivity index (χ1v) is 9.06. The maximum atomic E-state index is 13.4. The van der Waals surface area contributed by atoms with Gasteiger partial charge in [0.2, 0.25) is 0 Å². The van der Waals surface area contributed by atoms with Gasteiger partial charge in [0.25, 0.3) is 0 Å². The molecule has 1 aliphatic heterocycles. The number of ether oxygens (including phenoxy) is 1. The maximum absolute atomic E-state index is 13.4. The Morgan fingerprint density at radius 2 is 2.11 bits per heavy atom. The minimum atomic E-state index is -0.263. The van der Waals surface area contributed by atoms with Crippen molar-refractivity contribution in [3.8, 4) is 5.75 Å². The number of aromatic amines is 1. The van der Waals surface area contributed by atoms with Gasteiger partial charge in [-0.1, -0.05) is 18.2 Å². The van der Waals surface area contributed by atoms with Gasteiger partial charge in [-0.15, -0.1) is 0 Å². The quantitative estimate of drug-likeness (QED) is 0.673. The zero-order chi connectivity index (χ0) is 18.8. The number of fused-ring (bicyclic) bond motifs is 1. The molecule has 0 saturated heterocycles. The number of benzene rings is 2. The molecular weight excluding hydrogens is 363 g/mol. The molecule has 1 aliphatic rings. The third-order valence-corrected chi connectivity index (χ3v) is 5.03. The van der Waals surface area contributed by atoms with Gasteiger partial charge in [-0.3, -0.25) is 0 Å². The van der Waals surface area contributed by atoms with E-state index in [1.807, 2.05) is 24.3 Å². The molecule has 0 aliphatic carbocycles. The molecule has 4 rings (SSSR count). The number of rotatable bonds is 3. The van der Waals surface area contributed by atoms with Crippen molar-refractivity contribution in [2.75, 3.05) is 19.0 Å². The molecule has 138 valence electrons. The second-order valence-electron chi connectivity index (χ2n) is 6.33. The van der Waals surface area contributed by atoms with E-state index in [0.29, 0.717) is 5.11 Å². The summed E-state index contributed by atoms with van der Waals surface area (Å²) in [5, 5.41) is 3.87. The van der Waals surface area contributed by atoms with Crippen LogP contribution in [0.4, 0.5) is 10.1 Å². The van der Waals surface area contributed by atoms with Crippen molar-refractivity contribution in [2.24, 2.45) is 0 Å². The van der Waals surface area contributed by atoms with Crippen LogP contribution >= 0.6 is 12.2 Å². The molecule has 0 amide bonds. The van der Waals surface area contributed by atoms with Crippen LogP contribution < -0.4 is 10.1 Å². The van der Waals surface area contributed by atoms with E-state index in [0.717, 1.165) is 41.4 Å². The van der Waals surface area contributed by atoms with Crippen molar-refractivity contribution < 1.29 is 9.13 Å². The number of thiocarbonyl (C=S) groups is 1. The molecule has 27 heavy (non-hydrogen) atoms. The number of methoxy groups -OCH3 is 1. The van der Waals surface area contributed by atoms with E-state index >= 15 is 0 Å². The predicted octanol–water partition coefficient (Wildman–Crippen LogP) is 3.90. The Morgan fingerprint density at radius 3 is 2.89 bits per heavy atom. The van der Waals surface area contributed by atoms with Crippen LogP contribution in [0.15, 0.2) is 54.9 Å². The van der Waals surface area contributed by atoms with Crippen LogP contribution in [0.3, 0.4) is 0 Å². The molecule has 0 fully saturated rings.